The number of anilines is 1. The Morgan fingerprint density at radius 2 is 1.89 bits per heavy atom. The second-order valence-electron chi connectivity index (χ2n) is 4.21. The van der Waals surface area contributed by atoms with Crippen molar-refractivity contribution < 1.29 is 13.3 Å². The average Bonchev–Trinajstić information content (AvgIpc) is 2.97. The van der Waals surface area contributed by atoms with Gasteiger partial charge in [0.25, 0.3) is 0 Å². The van der Waals surface area contributed by atoms with Crippen molar-refractivity contribution in [3.8, 4) is 22.6 Å². The van der Waals surface area contributed by atoms with Crippen molar-refractivity contribution in [1.82, 2.24) is 5.16 Å². The zero-order valence-corrected chi connectivity index (χ0v) is 10.2. The van der Waals surface area contributed by atoms with E-state index in [0.717, 1.165) is 11.1 Å². The Bertz CT molecular complexity index is 713. The molecule has 0 unspecified atom stereocenters. The van der Waals surface area contributed by atoms with E-state index < -0.39 is 0 Å². The summed E-state index contributed by atoms with van der Waals surface area (Å²) in [5.41, 5.74) is 8.59. The molecule has 0 aliphatic heterocycles. The van der Waals surface area contributed by atoms with Crippen LogP contribution in [0.25, 0.3) is 22.6 Å². The molecule has 19 heavy (non-hydrogen) atoms. The molecule has 0 spiro atoms. The molecule has 96 valence electrons. The summed E-state index contributed by atoms with van der Waals surface area (Å²) in [6.07, 6.45) is 1.57. The van der Waals surface area contributed by atoms with Crippen LogP contribution in [0.3, 0.4) is 0 Å². The maximum absolute atomic E-state index is 13.0. The minimum atomic E-state index is -0.311. The van der Waals surface area contributed by atoms with Crippen molar-refractivity contribution >= 4 is 5.88 Å². The minimum Gasteiger partial charge on any atom is -0.462 e. The summed E-state index contributed by atoms with van der Waals surface area (Å²) in [7, 11) is 0. The molecule has 0 amide bonds. The highest BCUT2D eigenvalue weighted by atomic mass is 19.1. The largest absolute Gasteiger partial charge is 0.462 e. The number of aromatic nitrogens is 1. The fourth-order valence-corrected chi connectivity index (χ4v) is 1.97. The molecule has 0 atom stereocenters. The quantitative estimate of drug-likeness (QED) is 0.762. The molecule has 0 radical (unpaired) electrons. The molecular formula is C14H11FN2O2. The van der Waals surface area contributed by atoms with Crippen molar-refractivity contribution in [1.29, 1.82) is 0 Å². The Kier molecular flexibility index (Phi) is 2.59. The lowest BCUT2D eigenvalue weighted by Crippen LogP contribution is -1.88. The van der Waals surface area contributed by atoms with Gasteiger partial charge in [-0.1, -0.05) is 17.3 Å². The number of hydrogen-bond acceptors (Lipinski definition) is 4. The zero-order chi connectivity index (χ0) is 13.4. The van der Waals surface area contributed by atoms with Crippen LogP contribution in [0.2, 0.25) is 0 Å². The van der Waals surface area contributed by atoms with Crippen molar-refractivity contribution in [2.24, 2.45) is 0 Å². The number of nitrogen functional groups attached to an aromatic ring is 1. The van der Waals surface area contributed by atoms with E-state index in [1.165, 1.54) is 12.1 Å². The monoisotopic (exact) mass is 258 g/mol. The van der Waals surface area contributed by atoms with Crippen LogP contribution in [0, 0.1) is 12.7 Å². The Labute approximate surface area is 108 Å². The first-order chi connectivity index (χ1) is 9.16. The van der Waals surface area contributed by atoms with Gasteiger partial charge in [0, 0.05) is 0 Å². The highest BCUT2D eigenvalue weighted by Crippen LogP contribution is 2.37. The lowest BCUT2D eigenvalue weighted by atomic mass is 10.0. The lowest BCUT2D eigenvalue weighted by Gasteiger charge is -2.01. The number of hydrogen-bond donors (Lipinski definition) is 1. The first-order valence-corrected chi connectivity index (χ1v) is 5.72. The highest BCUT2D eigenvalue weighted by Gasteiger charge is 2.20. The number of furan rings is 1. The van der Waals surface area contributed by atoms with E-state index >= 15 is 0 Å². The van der Waals surface area contributed by atoms with Crippen LogP contribution in [-0.2, 0) is 0 Å². The van der Waals surface area contributed by atoms with E-state index in [4.69, 9.17) is 14.7 Å². The third-order valence-corrected chi connectivity index (χ3v) is 2.93. The Morgan fingerprint density at radius 3 is 2.53 bits per heavy atom. The molecular weight excluding hydrogens is 247 g/mol. The normalized spacial score (nSPS) is 10.8. The fourth-order valence-electron chi connectivity index (χ4n) is 1.97. The Balaban J connectivity index is 2.19. The number of rotatable bonds is 2. The summed E-state index contributed by atoms with van der Waals surface area (Å²) in [5, 5.41) is 3.93. The third-order valence-electron chi connectivity index (χ3n) is 2.93. The molecule has 0 aliphatic rings. The van der Waals surface area contributed by atoms with E-state index in [2.05, 4.69) is 5.16 Å². The van der Waals surface area contributed by atoms with Crippen LogP contribution in [0.15, 0.2) is 45.5 Å². The maximum atomic E-state index is 13.0. The van der Waals surface area contributed by atoms with Crippen molar-refractivity contribution in [2.45, 2.75) is 6.92 Å². The van der Waals surface area contributed by atoms with Crippen LogP contribution in [-0.4, -0.2) is 5.16 Å². The van der Waals surface area contributed by atoms with E-state index in [9.17, 15) is 4.39 Å². The summed E-state index contributed by atoms with van der Waals surface area (Å²) in [4.78, 5) is 0. The van der Waals surface area contributed by atoms with E-state index in [0.29, 0.717) is 17.0 Å². The average molecular weight is 258 g/mol. The second kappa shape index (κ2) is 4.28. The van der Waals surface area contributed by atoms with Gasteiger partial charge in [0.2, 0.25) is 5.88 Å². The molecule has 4 nitrogen and oxygen atoms in total. The topological polar surface area (TPSA) is 65.2 Å². The molecule has 0 aliphatic carbocycles. The summed E-state index contributed by atoms with van der Waals surface area (Å²) >= 11 is 0. The van der Waals surface area contributed by atoms with Crippen molar-refractivity contribution in [3.63, 3.8) is 0 Å². The van der Waals surface area contributed by atoms with Gasteiger partial charge in [-0.3, -0.25) is 0 Å². The van der Waals surface area contributed by atoms with Gasteiger partial charge in [0.15, 0.2) is 11.5 Å². The lowest BCUT2D eigenvalue weighted by molar-refractivity contribution is 0.435. The number of halogens is 1. The van der Waals surface area contributed by atoms with Gasteiger partial charge in [0.1, 0.15) is 5.82 Å². The highest BCUT2D eigenvalue weighted by molar-refractivity contribution is 5.85. The van der Waals surface area contributed by atoms with Gasteiger partial charge in [0.05, 0.1) is 11.8 Å². The SMILES string of the molecule is Cc1ccoc1-c1noc(N)c1-c1ccc(F)cc1. The molecule has 3 rings (SSSR count). The van der Waals surface area contributed by atoms with Crippen molar-refractivity contribution in [2.75, 3.05) is 5.73 Å². The summed E-state index contributed by atoms with van der Waals surface area (Å²) in [6, 6.07) is 7.80. The van der Waals surface area contributed by atoms with Gasteiger partial charge < -0.3 is 14.7 Å². The van der Waals surface area contributed by atoms with Gasteiger partial charge in [-0.25, -0.2) is 4.39 Å². The van der Waals surface area contributed by atoms with Crippen LogP contribution in [0.5, 0.6) is 0 Å². The van der Waals surface area contributed by atoms with Crippen LogP contribution in [0.4, 0.5) is 10.3 Å². The third kappa shape index (κ3) is 1.89. The van der Waals surface area contributed by atoms with Crippen LogP contribution < -0.4 is 5.73 Å². The minimum absolute atomic E-state index is 0.178. The van der Waals surface area contributed by atoms with Gasteiger partial charge in [-0.05, 0) is 36.2 Å². The molecule has 0 bridgehead atoms. The molecule has 0 saturated heterocycles. The molecule has 5 heteroatoms. The van der Waals surface area contributed by atoms with Crippen molar-refractivity contribution in [3.05, 3.63) is 48.0 Å². The molecule has 1 aromatic carbocycles. The summed E-state index contributed by atoms with van der Waals surface area (Å²) in [6.45, 7) is 1.90. The predicted octanol–water partition coefficient (Wildman–Crippen LogP) is 3.63. The second-order valence-corrected chi connectivity index (χ2v) is 4.21. The zero-order valence-electron chi connectivity index (χ0n) is 10.2. The van der Waals surface area contributed by atoms with Gasteiger partial charge >= 0.3 is 0 Å². The molecule has 2 heterocycles. The van der Waals surface area contributed by atoms with Crippen LogP contribution in [0.1, 0.15) is 5.56 Å². The fraction of sp³-hybridized carbons (Fsp3) is 0.0714. The molecule has 0 saturated carbocycles. The predicted molar refractivity (Wildman–Crippen MR) is 68.7 cm³/mol. The molecule has 2 aromatic heterocycles. The maximum Gasteiger partial charge on any atom is 0.230 e. The molecule has 0 fully saturated rings. The van der Waals surface area contributed by atoms with Gasteiger partial charge in [-0.15, -0.1) is 0 Å². The Hall–Kier alpha value is -2.56. The molecule has 3 aromatic rings. The Morgan fingerprint density at radius 1 is 1.16 bits per heavy atom. The molecule has 2 N–H and O–H groups in total. The van der Waals surface area contributed by atoms with Crippen LogP contribution >= 0.6 is 0 Å². The van der Waals surface area contributed by atoms with E-state index in [-0.39, 0.29) is 11.7 Å². The smallest absolute Gasteiger partial charge is 0.230 e. The summed E-state index contributed by atoms with van der Waals surface area (Å²) < 4.78 is 23.4. The first kappa shape index (κ1) is 11.5. The number of aryl methyl sites for hydroxylation is 1. The van der Waals surface area contributed by atoms with Gasteiger partial charge in [-0.2, -0.15) is 0 Å². The standard InChI is InChI=1S/C14H11FN2O2/c1-8-6-7-18-13(8)12-11(14(16)19-17-12)9-2-4-10(15)5-3-9/h2-7H,16H2,1H3. The summed E-state index contributed by atoms with van der Waals surface area (Å²) in [5.74, 6) is 0.465. The first-order valence-electron chi connectivity index (χ1n) is 5.72. The number of benzene rings is 1. The van der Waals surface area contributed by atoms with E-state index in [1.54, 1.807) is 18.4 Å². The number of nitrogens with zero attached hydrogens (tertiary/aromatic N) is 1. The van der Waals surface area contributed by atoms with E-state index in [1.807, 2.05) is 13.0 Å². The number of nitrogens with two attached hydrogens (primary N) is 1.